The van der Waals surface area contributed by atoms with Crippen LogP contribution in [0, 0.1) is 21.4 Å². The first-order valence-electron chi connectivity index (χ1n) is 9.95. The number of amides is 1. The first-order chi connectivity index (χ1) is 16.0. The van der Waals surface area contributed by atoms with E-state index in [-0.39, 0.29) is 22.0 Å². The third-order valence-electron chi connectivity index (χ3n) is 5.06. The molecule has 8 nitrogen and oxygen atoms in total. The zero-order chi connectivity index (χ0) is 23.4. The quantitative estimate of drug-likeness (QED) is 0.168. The number of carbonyl (C=O) groups is 1. The first-order valence-corrected chi connectivity index (χ1v) is 10.3. The lowest BCUT2D eigenvalue weighted by Crippen LogP contribution is -2.26. The van der Waals surface area contributed by atoms with Crippen molar-refractivity contribution in [2.45, 2.75) is 6.42 Å². The molecule has 0 atom stereocenters. The summed E-state index contributed by atoms with van der Waals surface area (Å²) in [4.78, 5) is 26.0. The molecule has 0 aliphatic heterocycles. The Morgan fingerprint density at radius 1 is 1.24 bits per heavy atom. The fourth-order valence-electron chi connectivity index (χ4n) is 3.43. The van der Waals surface area contributed by atoms with Crippen molar-refractivity contribution in [2.24, 2.45) is 0 Å². The number of nitrogens with one attached hydrogen (secondary N) is 2. The van der Waals surface area contributed by atoms with E-state index in [9.17, 15) is 20.2 Å². The van der Waals surface area contributed by atoms with E-state index in [1.807, 2.05) is 36.5 Å². The van der Waals surface area contributed by atoms with Gasteiger partial charge >= 0.3 is 0 Å². The topological polar surface area (TPSA) is 125 Å². The van der Waals surface area contributed by atoms with Crippen LogP contribution in [0.4, 0.5) is 5.69 Å². The van der Waals surface area contributed by atoms with Crippen molar-refractivity contribution >= 4 is 40.2 Å². The summed E-state index contributed by atoms with van der Waals surface area (Å²) in [6.45, 7) is 0.363. The van der Waals surface area contributed by atoms with Gasteiger partial charge in [0.2, 0.25) is 0 Å². The SMILES string of the molecule is N#C/C(=C/c1ccc(-c2ccc([N+](=O)[O-])cc2Cl)o1)C(=O)NCCc1c[nH]c2ccccc12. The maximum atomic E-state index is 12.5. The fourth-order valence-corrected chi connectivity index (χ4v) is 3.70. The molecule has 9 heteroatoms. The van der Waals surface area contributed by atoms with Crippen LogP contribution >= 0.6 is 11.6 Å². The summed E-state index contributed by atoms with van der Waals surface area (Å²) in [5.41, 5.74) is 2.32. The monoisotopic (exact) mass is 460 g/mol. The summed E-state index contributed by atoms with van der Waals surface area (Å²) in [6.07, 6.45) is 3.85. The second kappa shape index (κ2) is 9.42. The van der Waals surface area contributed by atoms with E-state index in [0.29, 0.717) is 24.3 Å². The summed E-state index contributed by atoms with van der Waals surface area (Å²) >= 11 is 6.14. The molecule has 4 aromatic rings. The summed E-state index contributed by atoms with van der Waals surface area (Å²) in [7, 11) is 0. The molecule has 2 aromatic heterocycles. The highest BCUT2D eigenvalue weighted by Gasteiger charge is 2.15. The average molecular weight is 461 g/mol. The molecular formula is C24H17ClN4O4. The fraction of sp³-hybridized carbons (Fsp3) is 0.0833. The van der Waals surface area contributed by atoms with Gasteiger partial charge in [-0.15, -0.1) is 0 Å². The van der Waals surface area contributed by atoms with Crippen molar-refractivity contribution < 1.29 is 14.1 Å². The summed E-state index contributed by atoms with van der Waals surface area (Å²) in [6, 6.07) is 17.0. The Morgan fingerprint density at radius 2 is 2.06 bits per heavy atom. The Hall–Kier alpha value is -4.35. The lowest BCUT2D eigenvalue weighted by molar-refractivity contribution is -0.384. The van der Waals surface area contributed by atoms with E-state index in [0.717, 1.165) is 16.5 Å². The largest absolute Gasteiger partial charge is 0.457 e. The molecule has 0 aliphatic rings. The van der Waals surface area contributed by atoms with Crippen molar-refractivity contribution in [3.8, 4) is 17.4 Å². The number of fused-ring (bicyclic) bond motifs is 1. The summed E-state index contributed by atoms with van der Waals surface area (Å²) in [5.74, 6) is 0.129. The Morgan fingerprint density at radius 3 is 2.82 bits per heavy atom. The second-order valence-corrected chi connectivity index (χ2v) is 7.57. The van der Waals surface area contributed by atoms with Gasteiger partial charge in [0.1, 0.15) is 23.2 Å². The van der Waals surface area contributed by atoms with E-state index in [1.165, 1.54) is 24.3 Å². The Labute approximate surface area is 193 Å². The van der Waals surface area contributed by atoms with Crippen molar-refractivity contribution in [3.05, 3.63) is 92.8 Å². The van der Waals surface area contributed by atoms with Crippen LogP contribution in [0.3, 0.4) is 0 Å². The predicted octanol–water partition coefficient (Wildman–Crippen LogP) is 5.26. The number of halogens is 1. The van der Waals surface area contributed by atoms with Gasteiger partial charge in [0.25, 0.3) is 11.6 Å². The van der Waals surface area contributed by atoms with Gasteiger partial charge in [0.15, 0.2) is 0 Å². The number of nitro benzene ring substituents is 1. The molecule has 0 fully saturated rings. The number of nitrogens with zero attached hydrogens (tertiary/aromatic N) is 2. The Balaban J connectivity index is 1.43. The van der Waals surface area contributed by atoms with Gasteiger partial charge in [0, 0.05) is 47.4 Å². The average Bonchev–Trinajstić information content (AvgIpc) is 3.44. The number of aromatic amines is 1. The van der Waals surface area contributed by atoms with Gasteiger partial charge in [-0.25, -0.2) is 0 Å². The number of furan rings is 1. The van der Waals surface area contributed by atoms with Crippen molar-refractivity contribution in [2.75, 3.05) is 6.54 Å². The van der Waals surface area contributed by atoms with E-state index in [1.54, 1.807) is 12.1 Å². The van der Waals surface area contributed by atoms with Crippen molar-refractivity contribution in [1.82, 2.24) is 10.3 Å². The van der Waals surface area contributed by atoms with Crippen LogP contribution in [-0.4, -0.2) is 22.4 Å². The normalized spacial score (nSPS) is 11.3. The lowest BCUT2D eigenvalue weighted by Gasteiger charge is -2.04. The summed E-state index contributed by atoms with van der Waals surface area (Å²) < 4.78 is 5.68. The van der Waals surface area contributed by atoms with Gasteiger partial charge in [-0.1, -0.05) is 29.8 Å². The molecule has 2 aromatic carbocycles. The van der Waals surface area contributed by atoms with E-state index < -0.39 is 10.8 Å². The molecule has 0 radical (unpaired) electrons. The van der Waals surface area contributed by atoms with Crippen LogP contribution in [-0.2, 0) is 11.2 Å². The van der Waals surface area contributed by atoms with Crippen LogP contribution in [0.25, 0.3) is 28.3 Å². The highest BCUT2D eigenvalue weighted by atomic mass is 35.5. The van der Waals surface area contributed by atoms with Crippen LogP contribution in [0.15, 0.2) is 70.8 Å². The van der Waals surface area contributed by atoms with Crippen LogP contribution in [0.1, 0.15) is 11.3 Å². The second-order valence-electron chi connectivity index (χ2n) is 7.16. The van der Waals surface area contributed by atoms with Crippen LogP contribution in [0.2, 0.25) is 5.02 Å². The minimum atomic E-state index is -0.539. The third-order valence-corrected chi connectivity index (χ3v) is 5.37. The molecule has 33 heavy (non-hydrogen) atoms. The lowest BCUT2D eigenvalue weighted by atomic mass is 10.1. The number of hydrogen-bond acceptors (Lipinski definition) is 5. The number of nitriles is 1. The molecule has 0 saturated heterocycles. The van der Waals surface area contributed by atoms with Gasteiger partial charge < -0.3 is 14.7 Å². The number of carbonyl (C=O) groups excluding carboxylic acids is 1. The number of benzene rings is 2. The maximum Gasteiger partial charge on any atom is 0.270 e. The number of aromatic nitrogens is 1. The van der Waals surface area contributed by atoms with Crippen LogP contribution in [0.5, 0.6) is 0 Å². The number of H-pyrrole nitrogens is 1. The standard InChI is InChI=1S/C24H17ClN4O4/c25-21-12-17(29(31)32)5-7-20(21)23-8-6-18(33-23)11-16(13-26)24(30)27-10-9-15-14-28-22-4-2-1-3-19(15)22/h1-8,11-12,14,28H,9-10H2,(H,27,30)/b16-11-. The van der Waals surface area contributed by atoms with Gasteiger partial charge in [-0.05, 0) is 36.2 Å². The van der Waals surface area contributed by atoms with Crippen LogP contribution < -0.4 is 5.32 Å². The molecule has 0 saturated carbocycles. The molecule has 164 valence electrons. The highest BCUT2D eigenvalue weighted by molar-refractivity contribution is 6.33. The van der Waals surface area contributed by atoms with Gasteiger partial charge in [0.05, 0.1) is 9.95 Å². The minimum Gasteiger partial charge on any atom is -0.457 e. The Bertz CT molecular complexity index is 1430. The Kier molecular flexibility index (Phi) is 6.24. The molecular weight excluding hydrogens is 444 g/mol. The maximum absolute atomic E-state index is 12.5. The van der Waals surface area contributed by atoms with Gasteiger partial charge in [-0.3, -0.25) is 14.9 Å². The molecule has 0 aliphatic carbocycles. The molecule has 2 N–H and O–H groups in total. The number of rotatable bonds is 7. The molecule has 0 unspecified atom stereocenters. The smallest absolute Gasteiger partial charge is 0.270 e. The van der Waals surface area contributed by atoms with E-state index in [2.05, 4.69) is 10.3 Å². The first kappa shape index (κ1) is 21.9. The van der Waals surface area contributed by atoms with Gasteiger partial charge in [-0.2, -0.15) is 5.26 Å². The summed E-state index contributed by atoms with van der Waals surface area (Å²) in [5, 5.41) is 24.3. The molecule has 4 rings (SSSR count). The molecule has 1 amide bonds. The molecule has 0 bridgehead atoms. The highest BCUT2D eigenvalue weighted by Crippen LogP contribution is 2.32. The van der Waals surface area contributed by atoms with Crippen molar-refractivity contribution in [1.29, 1.82) is 5.26 Å². The number of nitro groups is 1. The minimum absolute atomic E-state index is 0.107. The molecule has 0 spiro atoms. The number of hydrogen-bond donors (Lipinski definition) is 2. The van der Waals surface area contributed by atoms with Crippen molar-refractivity contribution in [3.63, 3.8) is 0 Å². The zero-order valence-corrected chi connectivity index (χ0v) is 17.9. The van der Waals surface area contributed by atoms with E-state index in [4.69, 9.17) is 16.0 Å². The number of para-hydroxylation sites is 1. The van der Waals surface area contributed by atoms with E-state index >= 15 is 0 Å². The number of non-ortho nitro benzene ring substituents is 1. The predicted molar refractivity (Wildman–Crippen MR) is 124 cm³/mol. The zero-order valence-electron chi connectivity index (χ0n) is 17.2. The third kappa shape index (κ3) is 4.79. The molecule has 2 heterocycles.